The maximum Gasteiger partial charge on any atom is 0.324 e. The molecule has 0 atom stereocenters. The number of carbonyl (C=O) groups excluding carboxylic acids is 2. The van der Waals surface area contributed by atoms with Gasteiger partial charge < -0.3 is 15.1 Å². The summed E-state index contributed by atoms with van der Waals surface area (Å²) in [5, 5.41) is 9.90. The number of nitrogens with zero attached hydrogens (tertiary/aromatic N) is 5. The molecule has 1 aromatic heterocycles. The van der Waals surface area contributed by atoms with Gasteiger partial charge in [0.1, 0.15) is 6.33 Å². The first kappa shape index (κ1) is 17.5. The minimum absolute atomic E-state index is 0.0284. The van der Waals surface area contributed by atoms with Crippen LogP contribution in [0.15, 0.2) is 6.33 Å². The zero-order chi connectivity index (χ0) is 18.0. The second kappa shape index (κ2) is 6.89. The predicted molar refractivity (Wildman–Crippen MR) is 93.3 cm³/mol. The molecule has 9 heteroatoms. The van der Waals surface area contributed by atoms with Crippen molar-refractivity contribution in [1.82, 2.24) is 29.9 Å². The van der Waals surface area contributed by atoms with Crippen LogP contribution < -0.4 is 10.6 Å². The van der Waals surface area contributed by atoms with E-state index in [0.29, 0.717) is 25.0 Å². The fourth-order valence-corrected chi connectivity index (χ4v) is 3.13. The number of urea groups is 2. The van der Waals surface area contributed by atoms with Crippen LogP contribution in [-0.2, 0) is 5.54 Å². The Balaban J connectivity index is 1.46. The summed E-state index contributed by atoms with van der Waals surface area (Å²) < 4.78 is 1.73. The molecule has 2 aliphatic rings. The van der Waals surface area contributed by atoms with E-state index in [4.69, 9.17) is 0 Å². The molecule has 0 bridgehead atoms. The Kier molecular flexibility index (Phi) is 4.82. The fraction of sp³-hybridized carbons (Fsp3) is 0.750. The molecule has 0 aliphatic carbocycles. The number of amides is 4. The minimum Gasteiger partial charge on any atom is -0.336 e. The van der Waals surface area contributed by atoms with Crippen LogP contribution in [0.5, 0.6) is 0 Å². The van der Waals surface area contributed by atoms with Crippen LogP contribution in [0.25, 0.3) is 0 Å². The second-order valence-electron chi connectivity index (χ2n) is 7.72. The van der Waals surface area contributed by atoms with E-state index in [9.17, 15) is 9.59 Å². The van der Waals surface area contributed by atoms with Gasteiger partial charge in [-0.05, 0) is 39.5 Å². The van der Waals surface area contributed by atoms with Crippen molar-refractivity contribution in [2.75, 3.05) is 38.0 Å². The van der Waals surface area contributed by atoms with Gasteiger partial charge in [0.2, 0.25) is 5.95 Å². The lowest BCUT2D eigenvalue weighted by Crippen LogP contribution is -2.44. The van der Waals surface area contributed by atoms with Crippen LogP contribution in [0, 0.1) is 5.92 Å². The zero-order valence-electron chi connectivity index (χ0n) is 15.2. The molecule has 0 saturated carbocycles. The molecule has 4 amide bonds. The number of aromatic nitrogens is 3. The van der Waals surface area contributed by atoms with E-state index in [1.807, 2.05) is 25.7 Å². The van der Waals surface area contributed by atoms with Gasteiger partial charge in [0.25, 0.3) is 0 Å². The van der Waals surface area contributed by atoms with Crippen molar-refractivity contribution in [3.05, 3.63) is 6.33 Å². The highest BCUT2D eigenvalue weighted by atomic mass is 16.2. The van der Waals surface area contributed by atoms with Gasteiger partial charge in [-0.3, -0.25) is 5.32 Å². The van der Waals surface area contributed by atoms with Gasteiger partial charge in [-0.2, -0.15) is 0 Å². The van der Waals surface area contributed by atoms with Gasteiger partial charge >= 0.3 is 12.1 Å². The Morgan fingerprint density at radius 1 is 1.32 bits per heavy atom. The molecule has 0 unspecified atom stereocenters. The van der Waals surface area contributed by atoms with Gasteiger partial charge in [-0.15, -0.1) is 5.10 Å². The number of piperidine rings is 1. The Morgan fingerprint density at radius 3 is 2.60 bits per heavy atom. The summed E-state index contributed by atoms with van der Waals surface area (Å²) in [7, 11) is 0. The number of rotatable bonds is 3. The van der Waals surface area contributed by atoms with Crippen LogP contribution in [-0.4, -0.2) is 69.4 Å². The maximum absolute atomic E-state index is 12.4. The molecule has 2 aliphatic heterocycles. The van der Waals surface area contributed by atoms with Crippen molar-refractivity contribution in [3.8, 4) is 0 Å². The largest absolute Gasteiger partial charge is 0.336 e. The fourth-order valence-electron chi connectivity index (χ4n) is 3.13. The molecule has 138 valence electrons. The topological polar surface area (TPSA) is 95.4 Å². The third-order valence-electron chi connectivity index (χ3n) is 4.72. The predicted octanol–water partition coefficient (Wildman–Crippen LogP) is 1.30. The molecular formula is C16H27N7O2. The highest BCUT2D eigenvalue weighted by Gasteiger charge is 2.28. The first-order chi connectivity index (χ1) is 11.8. The van der Waals surface area contributed by atoms with Crippen LogP contribution in [0.4, 0.5) is 15.5 Å². The Morgan fingerprint density at radius 2 is 2.04 bits per heavy atom. The monoisotopic (exact) mass is 349 g/mol. The molecule has 0 spiro atoms. The standard InChI is InChI=1S/C16H27N7O2/c1-16(2,3)23-11-18-13(20-23)19-15(25)21-7-4-12(5-8-21)10-22-9-6-17-14(22)24/h11-12H,4-10H2,1-3H3,(H,17,24)(H,19,20,25). The van der Waals surface area contributed by atoms with E-state index >= 15 is 0 Å². The molecule has 2 fully saturated rings. The van der Waals surface area contributed by atoms with Crippen LogP contribution in [0.3, 0.4) is 0 Å². The van der Waals surface area contributed by atoms with Gasteiger partial charge in [0.05, 0.1) is 5.54 Å². The lowest BCUT2D eigenvalue weighted by atomic mass is 9.96. The zero-order valence-corrected chi connectivity index (χ0v) is 15.2. The van der Waals surface area contributed by atoms with Crippen molar-refractivity contribution in [2.45, 2.75) is 39.2 Å². The number of carbonyl (C=O) groups is 2. The highest BCUT2D eigenvalue weighted by Crippen LogP contribution is 2.20. The first-order valence-corrected chi connectivity index (χ1v) is 8.84. The maximum atomic E-state index is 12.4. The molecule has 3 rings (SSSR count). The van der Waals surface area contributed by atoms with Crippen LogP contribution in [0.1, 0.15) is 33.6 Å². The van der Waals surface area contributed by atoms with Gasteiger partial charge in [0, 0.05) is 32.7 Å². The number of likely N-dealkylation sites (tertiary alicyclic amines) is 1. The smallest absolute Gasteiger partial charge is 0.324 e. The van der Waals surface area contributed by atoms with Crippen molar-refractivity contribution in [2.24, 2.45) is 5.92 Å². The number of nitrogens with one attached hydrogen (secondary N) is 2. The molecule has 2 saturated heterocycles. The molecule has 2 N–H and O–H groups in total. The Hall–Kier alpha value is -2.32. The summed E-state index contributed by atoms with van der Waals surface area (Å²) in [4.78, 5) is 31.8. The third kappa shape index (κ3) is 4.21. The Bertz CT molecular complexity index is 629. The molecule has 3 heterocycles. The number of hydrogen-bond acceptors (Lipinski definition) is 4. The second-order valence-corrected chi connectivity index (χ2v) is 7.72. The van der Waals surface area contributed by atoms with Crippen molar-refractivity contribution >= 4 is 18.0 Å². The van der Waals surface area contributed by atoms with E-state index < -0.39 is 0 Å². The molecular weight excluding hydrogens is 322 g/mol. The SMILES string of the molecule is CC(C)(C)n1cnc(NC(=O)N2CCC(CN3CCNC3=O)CC2)n1. The van der Waals surface area contributed by atoms with Crippen molar-refractivity contribution < 1.29 is 9.59 Å². The van der Waals surface area contributed by atoms with Gasteiger partial charge in [-0.1, -0.05) is 0 Å². The van der Waals surface area contributed by atoms with Gasteiger partial charge in [-0.25, -0.2) is 19.3 Å². The molecule has 0 aromatic carbocycles. The van der Waals surface area contributed by atoms with E-state index in [1.165, 1.54) is 0 Å². The summed E-state index contributed by atoms with van der Waals surface area (Å²) in [6, 6.07) is -0.135. The summed E-state index contributed by atoms with van der Waals surface area (Å²) in [6.07, 6.45) is 3.44. The third-order valence-corrected chi connectivity index (χ3v) is 4.72. The van der Waals surface area contributed by atoms with Crippen LogP contribution in [0.2, 0.25) is 0 Å². The Labute approximate surface area is 147 Å². The van der Waals surface area contributed by atoms with E-state index in [1.54, 1.807) is 15.9 Å². The van der Waals surface area contributed by atoms with E-state index in [0.717, 1.165) is 32.5 Å². The number of hydrogen-bond donors (Lipinski definition) is 2. The molecule has 0 radical (unpaired) electrons. The molecule has 1 aromatic rings. The van der Waals surface area contributed by atoms with Crippen molar-refractivity contribution in [1.29, 1.82) is 0 Å². The van der Waals surface area contributed by atoms with E-state index in [2.05, 4.69) is 20.7 Å². The quantitative estimate of drug-likeness (QED) is 0.860. The van der Waals surface area contributed by atoms with E-state index in [-0.39, 0.29) is 17.6 Å². The highest BCUT2D eigenvalue weighted by molar-refractivity contribution is 5.87. The minimum atomic E-state index is -0.170. The molecule has 9 nitrogen and oxygen atoms in total. The first-order valence-electron chi connectivity index (χ1n) is 8.84. The number of anilines is 1. The average molecular weight is 349 g/mol. The summed E-state index contributed by atoms with van der Waals surface area (Å²) in [6.45, 7) is 9.74. The lowest BCUT2D eigenvalue weighted by molar-refractivity contribution is 0.163. The van der Waals surface area contributed by atoms with Crippen LogP contribution >= 0.6 is 0 Å². The average Bonchev–Trinajstić information content (AvgIpc) is 3.17. The normalized spacial score (nSPS) is 19.2. The lowest BCUT2D eigenvalue weighted by Gasteiger charge is -2.33. The summed E-state index contributed by atoms with van der Waals surface area (Å²) in [5.74, 6) is 0.780. The summed E-state index contributed by atoms with van der Waals surface area (Å²) >= 11 is 0. The molecule has 25 heavy (non-hydrogen) atoms. The summed E-state index contributed by atoms with van der Waals surface area (Å²) in [5.41, 5.74) is -0.170. The van der Waals surface area contributed by atoms with Crippen molar-refractivity contribution in [3.63, 3.8) is 0 Å². The van der Waals surface area contributed by atoms with Gasteiger partial charge in [0.15, 0.2) is 0 Å².